The van der Waals surface area contributed by atoms with Crippen molar-refractivity contribution in [3.05, 3.63) is 50.1 Å². The number of aliphatic hydroxyl groups excluding tert-OH is 1. The van der Waals surface area contributed by atoms with Crippen LogP contribution in [0.15, 0.2) is 39.0 Å². The number of aryl methyl sites for hydroxylation is 1. The van der Waals surface area contributed by atoms with Gasteiger partial charge >= 0.3 is 0 Å². The lowest BCUT2D eigenvalue weighted by Crippen LogP contribution is -2.00. The van der Waals surface area contributed by atoms with Crippen LogP contribution in [0.5, 0.6) is 0 Å². The Labute approximate surface area is 125 Å². The Bertz CT molecular complexity index is 668. The summed E-state index contributed by atoms with van der Waals surface area (Å²) in [5.74, 6) is 0. The van der Waals surface area contributed by atoms with Gasteiger partial charge in [-0.05, 0) is 52.2 Å². The molecule has 0 saturated carbocycles. The van der Waals surface area contributed by atoms with Crippen molar-refractivity contribution in [3.8, 4) is 0 Å². The Morgan fingerprint density at radius 2 is 1.84 bits per heavy atom. The van der Waals surface area contributed by atoms with E-state index in [0.29, 0.717) is 5.56 Å². The quantitative estimate of drug-likeness (QED) is 0.913. The molecule has 1 aromatic heterocycles. The van der Waals surface area contributed by atoms with Crippen molar-refractivity contribution in [2.75, 3.05) is 6.26 Å². The maximum absolute atomic E-state index is 11.4. The van der Waals surface area contributed by atoms with E-state index in [9.17, 15) is 13.5 Å². The van der Waals surface area contributed by atoms with Crippen molar-refractivity contribution in [1.29, 1.82) is 0 Å². The average Bonchev–Trinajstić information content (AvgIpc) is 2.68. The molecule has 0 radical (unpaired) electrons. The van der Waals surface area contributed by atoms with E-state index in [1.54, 1.807) is 12.1 Å². The van der Waals surface area contributed by atoms with E-state index in [1.807, 2.05) is 13.0 Å². The minimum absolute atomic E-state index is 0.256. The van der Waals surface area contributed by atoms with E-state index in [-0.39, 0.29) is 4.90 Å². The van der Waals surface area contributed by atoms with Crippen LogP contribution in [0.25, 0.3) is 0 Å². The molecule has 3 nitrogen and oxygen atoms in total. The molecule has 102 valence electrons. The van der Waals surface area contributed by atoms with Gasteiger partial charge in [0, 0.05) is 11.1 Å². The van der Waals surface area contributed by atoms with Crippen LogP contribution in [0.2, 0.25) is 0 Å². The van der Waals surface area contributed by atoms with E-state index in [4.69, 9.17) is 0 Å². The minimum atomic E-state index is -3.20. The first-order valence-corrected chi connectivity index (χ1v) is 9.03. The molecular weight excluding hydrogens is 348 g/mol. The van der Waals surface area contributed by atoms with Gasteiger partial charge in [0.25, 0.3) is 0 Å². The smallest absolute Gasteiger partial charge is 0.175 e. The van der Waals surface area contributed by atoms with Crippen LogP contribution in [0.1, 0.15) is 22.1 Å². The molecule has 0 bridgehead atoms. The zero-order chi connectivity index (χ0) is 14.2. The second-order valence-electron chi connectivity index (χ2n) is 4.35. The third-order valence-electron chi connectivity index (χ3n) is 2.77. The number of benzene rings is 1. The van der Waals surface area contributed by atoms with Crippen LogP contribution < -0.4 is 0 Å². The second kappa shape index (κ2) is 5.36. The van der Waals surface area contributed by atoms with Gasteiger partial charge in [0.05, 0.1) is 8.68 Å². The highest BCUT2D eigenvalue weighted by Gasteiger charge is 2.15. The molecule has 2 aromatic rings. The lowest BCUT2D eigenvalue weighted by molar-refractivity contribution is 0.224. The molecular formula is C13H13BrO3S2. The topological polar surface area (TPSA) is 54.4 Å². The molecule has 0 aliphatic rings. The van der Waals surface area contributed by atoms with Gasteiger partial charge < -0.3 is 5.11 Å². The second-order valence-corrected chi connectivity index (χ2v) is 8.77. The lowest BCUT2D eigenvalue weighted by Gasteiger charge is -2.09. The van der Waals surface area contributed by atoms with Crippen LogP contribution in [0.4, 0.5) is 0 Å². The summed E-state index contributed by atoms with van der Waals surface area (Å²) in [4.78, 5) is 1.09. The van der Waals surface area contributed by atoms with Gasteiger partial charge in [0.1, 0.15) is 6.10 Å². The first-order valence-electron chi connectivity index (χ1n) is 5.53. The first-order chi connectivity index (χ1) is 8.79. The fraction of sp³-hybridized carbons (Fsp3) is 0.231. The van der Waals surface area contributed by atoms with Gasteiger partial charge in [-0.2, -0.15) is 0 Å². The van der Waals surface area contributed by atoms with Crippen molar-refractivity contribution in [2.45, 2.75) is 17.9 Å². The molecule has 0 saturated heterocycles. The summed E-state index contributed by atoms with van der Waals surface area (Å²) < 4.78 is 23.7. The number of aliphatic hydroxyl groups is 1. The molecule has 19 heavy (non-hydrogen) atoms. The van der Waals surface area contributed by atoms with Gasteiger partial charge in [-0.25, -0.2) is 8.42 Å². The minimum Gasteiger partial charge on any atom is -0.383 e. The Balaban J connectivity index is 2.32. The van der Waals surface area contributed by atoms with E-state index >= 15 is 0 Å². The summed E-state index contributed by atoms with van der Waals surface area (Å²) in [5, 5.41) is 10.3. The van der Waals surface area contributed by atoms with Crippen molar-refractivity contribution in [2.24, 2.45) is 0 Å². The molecule has 2 rings (SSSR count). The van der Waals surface area contributed by atoms with Crippen LogP contribution in [-0.2, 0) is 9.84 Å². The number of rotatable bonds is 3. The molecule has 1 N–H and O–H groups in total. The summed E-state index contributed by atoms with van der Waals surface area (Å²) in [7, 11) is -3.20. The highest BCUT2D eigenvalue weighted by molar-refractivity contribution is 9.11. The molecule has 1 unspecified atom stereocenters. The number of hydrogen-bond acceptors (Lipinski definition) is 4. The molecule has 0 aliphatic heterocycles. The van der Waals surface area contributed by atoms with Crippen molar-refractivity contribution >= 4 is 37.1 Å². The zero-order valence-electron chi connectivity index (χ0n) is 10.4. The summed E-state index contributed by atoms with van der Waals surface area (Å²) in [6.07, 6.45) is 0.432. The molecule has 0 fully saturated rings. The van der Waals surface area contributed by atoms with Crippen molar-refractivity contribution < 1.29 is 13.5 Å². The van der Waals surface area contributed by atoms with Crippen LogP contribution >= 0.6 is 27.3 Å². The number of halogens is 1. The maximum Gasteiger partial charge on any atom is 0.175 e. The summed E-state index contributed by atoms with van der Waals surface area (Å²) in [5.41, 5.74) is 1.76. The Kier molecular flexibility index (Phi) is 4.15. The number of sulfone groups is 1. The first kappa shape index (κ1) is 14.7. The summed E-state index contributed by atoms with van der Waals surface area (Å²) in [6.45, 7) is 1.96. The average molecular weight is 361 g/mol. The monoisotopic (exact) mass is 360 g/mol. The molecule has 0 spiro atoms. The molecule has 6 heteroatoms. The highest BCUT2D eigenvalue weighted by atomic mass is 79.9. The molecule has 0 amide bonds. The molecule has 0 aliphatic carbocycles. The van der Waals surface area contributed by atoms with E-state index in [2.05, 4.69) is 15.9 Å². The Hall–Kier alpha value is -0.690. The number of thiophene rings is 1. The molecule has 1 heterocycles. The Morgan fingerprint density at radius 3 is 2.26 bits per heavy atom. The predicted molar refractivity (Wildman–Crippen MR) is 80.4 cm³/mol. The van der Waals surface area contributed by atoms with Gasteiger partial charge in [-0.3, -0.25) is 0 Å². The van der Waals surface area contributed by atoms with E-state index in [0.717, 1.165) is 20.5 Å². The van der Waals surface area contributed by atoms with Gasteiger partial charge in [-0.15, -0.1) is 11.3 Å². The highest BCUT2D eigenvalue weighted by Crippen LogP contribution is 2.34. The summed E-state index contributed by atoms with van der Waals surface area (Å²) >= 11 is 4.90. The predicted octanol–water partition coefficient (Wildman–Crippen LogP) is 3.30. The van der Waals surface area contributed by atoms with Crippen LogP contribution in [-0.4, -0.2) is 19.8 Å². The van der Waals surface area contributed by atoms with E-state index in [1.165, 1.54) is 23.5 Å². The van der Waals surface area contributed by atoms with E-state index < -0.39 is 15.9 Å². The fourth-order valence-electron chi connectivity index (χ4n) is 1.68. The molecule has 1 atom stereocenters. The Morgan fingerprint density at radius 1 is 1.26 bits per heavy atom. The largest absolute Gasteiger partial charge is 0.383 e. The summed E-state index contributed by atoms with van der Waals surface area (Å²) in [6, 6.07) is 8.24. The third kappa shape index (κ3) is 3.25. The van der Waals surface area contributed by atoms with Gasteiger partial charge in [0.15, 0.2) is 9.84 Å². The normalized spacial score (nSPS) is 13.5. The molecule has 1 aromatic carbocycles. The SMILES string of the molecule is Cc1cc(C(O)c2ccc(S(C)(=O)=O)cc2)sc1Br. The third-order valence-corrected chi connectivity index (χ3v) is 6.09. The standard InChI is InChI=1S/C13H13BrO3S2/c1-8-7-11(18-13(8)14)12(15)9-3-5-10(6-4-9)19(2,16)17/h3-7,12,15H,1-2H3. The van der Waals surface area contributed by atoms with Crippen molar-refractivity contribution in [1.82, 2.24) is 0 Å². The maximum atomic E-state index is 11.4. The van der Waals surface area contributed by atoms with Gasteiger partial charge in [0.2, 0.25) is 0 Å². The fourth-order valence-corrected chi connectivity index (χ4v) is 3.90. The van der Waals surface area contributed by atoms with Crippen LogP contribution in [0.3, 0.4) is 0 Å². The van der Waals surface area contributed by atoms with Gasteiger partial charge in [-0.1, -0.05) is 12.1 Å². The zero-order valence-corrected chi connectivity index (χ0v) is 13.6. The van der Waals surface area contributed by atoms with Crippen molar-refractivity contribution in [3.63, 3.8) is 0 Å². The van der Waals surface area contributed by atoms with Crippen LogP contribution in [0, 0.1) is 6.92 Å². The number of hydrogen-bond donors (Lipinski definition) is 1. The lowest BCUT2D eigenvalue weighted by atomic mass is 10.1.